The molecule has 0 aliphatic heterocycles. The molecule has 0 saturated carbocycles. The average Bonchev–Trinajstić information content (AvgIpc) is 3.01. The van der Waals surface area contributed by atoms with Crippen LogP contribution in [0.2, 0.25) is 0 Å². The van der Waals surface area contributed by atoms with Crippen LogP contribution in [0.5, 0.6) is 0 Å². The molecule has 0 aromatic heterocycles. The monoisotopic (exact) mass is 686 g/mol. The van der Waals surface area contributed by atoms with Crippen LogP contribution in [0.4, 0.5) is 0 Å². The van der Waals surface area contributed by atoms with E-state index >= 15 is 0 Å². The molecule has 0 amide bonds. The fourth-order valence-electron chi connectivity index (χ4n) is 7.97. The lowest BCUT2D eigenvalue weighted by Crippen LogP contribution is -2.21. The number of hydrogen-bond donors (Lipinski definition) is 0. The summed E-state index contributed by atoms with van der Waals surface area (Å²) in [6.07, 6.45) is 36.0. The highest BCUT2D eigenvalue weighted by atomic mass is 15.1. The number of allylic oxidation sites excluding steroid dienone is 2. The molecular weight excluding hydrogens is 591 g/mol. The molecular formula is C48H95N. The fraction of sp³-hybridized carbons (Fsp3) is 0.917. The third-order valence-electron chi connectivity index (χ3n) is 11.8. The van der Waals surface area contributed by atoms with Gasteiger partial charge >= 0.3 is 0 Å². The summed E-state index contributed by atoms with van der Waals surface area (Å²) in [5.41, 5.74) is 3.02. The van der Waals surface area contributed by atoms with Gasteiger partial charge in [0, 0.05) is 6.54 Å². The molecule has 0 radical (unpaired) electrons. The summed E-state index contributed by atoms with van der Waals surface area (Å²) in [6, 6.07) is 0. The summed E-state index contributed by atoms with van der Waals surface area (Å²) in [4.78, 5) is 2.43. The molecule has 0 fully saturated rings. The molecule has 0 spiro atoms. The largest absolute Gasteiger partial charge is 0.309 e. The molecule has 0 rings (SSSR count). The lowest BCUT2D eigenvalue weighted by atomic mass is 9.84. The van der Waals surface area contributed by atoms with Gasteiger partial charge in [0.15, 0.2) is 0 Å². The van der Waals surface area contributed by atoms with Crippen LogP contribution in [0.25, 0.3) is 0 Å². The highest BCUT2D eigenvalue weighted by Gasteiger charge is 2.16. The van der Waals surface area contributed by atoms with Crippen molar-refractivity contribution in [1.29, 1.82) is 0 Å². The van der Waals surface area contributed by atoms with Gasteiger partial charge in [-0.25, -0.2) is 0 Å². The minimum absolute atomic E-state index is 0.809. The molecule has 0 aliphatic rings. The Labute approximate surface area is 312 Å². The van der Waals surface area contributed by atoms with E-state index in [9.17, 15) is 0 Å². The van der Waals surface area contributed by atoms with Gasteiger partial charge < -0.3 is 4.90 Å². The van der Waals surface area contributed by atoms with Crippen LogP contribution in [-0.4, -0.2) is 25.5 Å². The second-order valence-corrected chi connectivity index (χ2v) is 18.7. The van der Waals surface area contributed by atoms with Crippen molar-refractivity contribution in [2.75, 3.05) is 20.6 Å². The Morgan fingerprint density at radius 3 is 1.02 bits per heavy atom. The highest BCUT2D eigenvalue weighted by Crippen LogP contribution is 2.29. The minimum Gasteiger partial charge on any atom is -0.309 e. The molecule has 0 aromatic carbocycles. The van der Waals surface area contributed by atoms with Crippen LogP contribution < -0.4 is 0 Å². The summed E-state index contributed by atoms with van der Waals surface area (Å²) in [7, 11) is 4.53. The van der Waals surface area contributed by atoms with Crippen LogP contribution >= 0.6 is 0 Å². The molecule has 0 aliphatic carbocycles. The first kappa shape index (κ1) is 48.4. The molecule has 2 unspecified atom stereocenters. The van der Waals surface area contributed by atoms with Gasteiger partial charge in [0.25, 0.3) is 0 Å². The van der Waals surface area contributed by atoms with Gasteiger partial charge in [0.1, 0.15) is 0 Å². The van der Waals surface area contributed by atoms with E-state index in [0.717, 1.165) is 41.4 Å². The zero-order chi connectivity index (χ0) is 36.9. The maximum Gasteiger partial charge on any atom is 0.000356 e. The molecule has 0 N–H and O–H groups in total. The predicted octanol–water partition coefficient (Wildman–Crippen LogP) is 16.3. The van der Waals surface area contributed by atoms with Crippen LogP contribution in [0, 0.1) is 41.4 Å². The molecule has 0 saturated heterocycles. The van der Waals surface area contributed by atoms with Crippen molar-refractivity contribution < 1.29 is 0 Å². The number of hydrogen-bond acceptors (Lipinski definition) is 1. The first-order valence-electron chi connectivity index (χ1n) is 22.3. The molecule has 2 atom stereocenters. The van der Waals surface area contributed by atoms with E-state index in [1.54, 1.807) is 0 Å². The Balaban J connectivity index is 3.87. The van der Waals surface area contributed by atoms with Crippen molar-refractivity contribution in [2.45, 2.75) is 222 Å². The molecule has 0 heterocycles. The first-order chi connectivity index (χ1) is 23.3. The summed E-state index contributed by atoms with van der Waals surface area (Å²) in [5, 5.41) is 0. The quantitative estimate of drug-likeness (QED) is 0.0469. The summed E-state index contributed by atoms with van der Waals surface area (Å²) >= 11 is 0. The summed E-state index contributed by atoms with van der Waals surface area (Å²) in [5.74, 6) is 5.94. The summed E-state index contributed by atoms with van der Waals surface area (Å²) < 4.78 is 0. The SMILES string of the molecule is C=C(CCCCCCCCCC(CCCCCCCCCC(=C)CCC(CCC(C)C)C(C)C)CN(C)C)CCC(CCC(C)C)C(C)C. The highest BCUT2D eigenvalue weighted by molar-refractivity contribution is 4.95. The van der Waals surface area contributed by atoms with Crippen LogP contribution in [0.15, 0.2) is 24.3 Å². The fourth-order valence-corrected chi connectivity index (χ4v) is 7.97. The van der Waals surface area contributed by atoms with E-state index in [1.807, 2.05) is 0 Å². The van der Waals surface area contributed by atoms with Gasteiger partial charge in [-0.05, 0) is 133 Å². The zero-order valence-electron chi connectivity index (χ0n) is 36.0. The number of rotatable bonds is 36. The normalized spacial score (nSPS) is 14.1. The molecule has 49 heavy (non-hydrogen) atoms. The van der Waals surface area contributed by atoms with Gasteiger partial charge in [0.2, 0.25) is 0 Å². The van der Waals surface area contributed by atoms with Gasteiger partial charge in [-0.2, -0.15) is 0 Å². The van der Waals surface area contributed by atoms with E-state index in [0.29, 0.717) is 0 Å². The van der Waals surface area contributed by atoms with E-state index in [4.69, 9.17) is 0 Å². The molecule has 292 valence electrons. The van der Waals surface area contributed by atoms with Crippen molar-refractivity contribution in [1.82, 2.24) is 4.90 Å². The third kappa shape index (κ3) is 31.9. The molecule has 0 aromatic rings. The van der Waals surface area contributed by atoms with Crippen molar-refractivity contribution in [3.05, 3.63) is 24.3 Å². The Hall–Kier alpha value is -0.560. The van der Waals surface area contributed by atoms with E-state index in [-0.39, 0.29) is 0 Å². The second-order valence-electron chi connectivity index (χ2n) is 18.7. The summed E-state index contributed by atoms with van der Waals surface area (Å²) in [6.45, 7) is 29.3. The topological polar surface area (TPSA) is 3.24 Å². The molecule has 1 heteroatoms. The van der Waals surface area contributed by atoms with Crippen molar-refractivity contribution in [3.8, 4) is 0 Å². The molecule has 1 nitrogen and oxygen atoms in total. The van der Waals surface area contributed by atoms with Crippen molar-refractivity contribution in [2.24, 2.45) is 41.4 Å². The Bertz CT molecular complexity index is 684. The Morgan fingerprint density at radius 1 is 0.388 bits per heavy atom. The lowest BCUT2D eigenvalue weighted by Gasteiger charge is -2.22. The maximum absolute atomic E-state index is 4.44. The third-order valence-corrected chi connectivity index (χ3v) is 11.8. The lowest BCUT2D eigenvalue weighted by molar-refractivity contribution is 0.286. The zero-order valence-corrected chi connectivity index (χ0v) is 36.0. The Morgan fingerprint density at radius 2 is 0.714 bits per heavy atom. The van der Waals surface area contributed by atoms with Gasteiger partial charge in [-0.1, -0.05) is 170 Å². The van der Waals surface area contributed by atoms with Gasteiger partial charge in [-0.15, -0.1) is 0 Å². The van der Waals surface area contributed by atoms with Gasteiger partial charge in [0.05, 0.1) is 0 Å². The molecule has 0 bridgehead atoms. The van der Waals surface area contributed by atoms with E-state index in [2.05, 4.69) is 87.5 Å². The van der Waals surface area contributed by atoms with Crippen LogP contribution in [0.1, 0.15) is 222 Å². The standard InChI is InChI=1S/C48H95N/c1-40(2)31-35-47(42(5)6)37-33-44(9)27-23-19-15-13-17-21-25-29-46(39-49(11)12)30-26-22-18-14-16-20-24-28-45(10)34-38-48(43(7)8)36-32-41(3)4/h40-43,46-48H,9-10,13-39H2,1-8,11-12H3. The van der Waals surface area contributed by atoms with Crippen LogP contribution in [0.3, 0.4) is 0 Å². The second kappa shape index (κ2) is 32.1. The predicted molar refractivity (Wildman–Crippen MR) is 227 cm³/mol. The van der Waals surface area contributed by atoms with Crippen LogP contribution in [-0.2, 0) is 0 Å². The van der Waals surface area contributed by atoms with Crippen molar-refractivity contribution in [3.63, 3.8) is 0 Å². The number of nitrogens with zero attached hydrogens (tertiary/aromatic N) is 1. The number of unbranched alkanes of at least 4 members (excludes halogenated alkanes) is 12. The van der Waals surface area contributed by atoms with E-state index in [1.165, 1.54) is 185 Å². The maximum atomic E-state index is 4.44. The van der Waals surface area contributed by atoms with Crippen molar-refractivity contribution >= 4 is 0 Å². The van der Waals surface area contributed by atoms with Gasteiger partial charge in [-0.3, -0.25) is 0 Å². The van der Waals surface area contributed by atoms with E-state index < -0.39 is 0 Å². The smallest absolute Gasteiger partial charge is 0.000356 e. The first-order valence-corrected chi connectivity index (χ1v) is 22.3. The average molecular weight is 686 g/mol. The minimum atomic E-state index is 0.809. The Kier molecular flexibility index (Phi) is 31.8.